The first-order valence-electron chi connectivity index (χ1n) is 6.77. The molecule has 4 nitrogen and oxygen atoms in total. The number of quaternary nitrogens is 1. The minimum Gasteiger partial charge on any atom is -0.416 e. The molecule has 1 aromatic carbocycles. The summed E-state index contributed by atoms with van der Waals surface area (Å²) in [6.45, 7) is 0.966. The van der Waals surface area contributed by atoms with E-state index in [9.17, 15) is 4.39 Å². The lowest BCUT2D eigenvalue weighted by molar-refractivity contribution is -0.368. The molecule has 0 radical (unpaired) electrons. The molecule has 0 saturated heterocycles. The Hall–Kier alpha value is -1.40. The lowest BCUT2D eigenvalue weighted by Gasteiger charge is -1.99. The topological polar surface area (TPSA) is 66.6 Å². The van der Waals surface area contributed by atoms with Crippen LogP contribution >= 0.6 is 11.8 Å². The van der Waals surface area contributed by atoms with Gasteiger partial charge < -0.3 is 10.2 Å². The van der Waals surface area contributed by atoms with Gasteiger partial charge in [-0.3, -0.25) is 0 Å². The maximum Gasteiger partial charge on any atom is 0.276 e. The molecule has 0 unspecified atom stereocenters. The van der Waals surface area contributed by atoms with Gasteiger partial charge in [-0.15, -0.1) is 10.2 Å². The van der Waals surface area contributed by atoms with Crippen molar-refractivity contribution in [1.82, 2.24) is 10.2 Å². The van der Waals surface area contributed by atoms with Gasteiger partial charge in [0.1, 0.15) is 5.82 Å². The Morgan fingerprint density at radius 2 is 2.00 bits per heavy atom. The summed E-state index contributed by atoms with van der Waals surface area (Å²) >= 11 is 1.36. The van der Waals surface area contributed by atoms with Crippen molar-refractivity contribution in [2.45, 2.75) is 36.7 Å². The molecule has 6 heteroatoms. The van der Waals surface area contributed by atoms with Crippen LogP contribution in [-0.4, -0.2) is 16.7 Å². The van der Waals surface area contributed by atoms with E-state index in [1.165, 1.54) is 17.8 Å². The summed E-state index contributed by atoms with van der Waals surface area (Å²) in [5.74, 6) is 0.952. The number of thioether (sulfide) groups is 1. The Morgan fingerprint density at radius 1 is 1.15 bits per heavy atom. The van der Waals surface area contributed by atoms with Crippen LogP contribution in [-0.2, 0) is 12.2 Å². The molecule has 0 saturated carbocycles. The van der Waals surface area contributed by atoms with E-state index in [1.807, 2.05) is 6.07 Å². The fraction of sp³-hybridized carbons (Fsp3) is 0.429. The van der Waals surface area contributed by atoms with Gasteiger partial charge in [0, 0.05) is 12.2 Å². The molecule has 2 aromatic rings. The summed E-state index contributed by atoms with van der Waals surface area (Å²) in [6.07, 6.45) is 4.09. The highest BCUT2D eigenvalue weighted by molar-refractivity contribution is 7.98. The van der Waals surface area contributed by atoms with Gasteiger partial charge in [0.05, 0.1) is 6.54 Å². The molecule has 0 bridgehead atoms. The third kappa shape index (κ3) is 4.61. The van der Waals surface area contributed by atoms with Crippen molar-refractivity contribution in [3.63, 3.8) is 0 Å². The largest absolute Gasteiger partial charge is 0.416 e. The van der Waals surface area contributed by atoms with Gasteiger partial charge in [0.15, 0.2) is 0 Å². The van der Waals surface area contributed by atoms with Crippen molar-refractivity contribution in [3.8, 4) is 0 Å². The maximum atomic E-state index is 13.5. The Bertz CT molecular complexity index is 533. The minimum atomic E-state index is -0.201. The van der Waals surface area contributed by atoms with Crippen LogP contribution in [0.3, 0.4) is 0 Å². The van der Waals surface area contributed by atoms with Crippen LogP contribution in [0.2, 0.25) is 0 Å². The summed E-state index contributed by atoms with van der Waals surface area (Å²) < 4.78 is 19.0. The van der Waals surface area contributed by atoms with Crippen LogP contribution in [0.4, 0.5) is 4.39 Å². The van der Waals surface area contributed by atoms with Gasteiger partial charge >= 0.3 is 0 Å². The zero-order valence-corrected chi connectivity index (χ0v) is 12.2. The molecule has 0 spiro atoms. The second-order valence-corrected chi connectivity index (χ2v) is 5.43. The van der Waals surface area contributed by atoms with Crippen LogP contribution in [0.25, 0.3) is 0 Å². The van der Waals surface area contributed by atoms with Gasteiger partial charge in [-0.1, -0.05) is 30.0 Å². The van der Waals surface area contributed by atoms with Crippen LogP contribution < -0.4 is 5.73 Å². The molecule has 1 aromatic heterocycles. The van der Waals surface area contributed by atoms with Crippen LogP contribution in [0.5, 0.6) is 0 Å². The van der Waals surface area contributed by atoms with Crippen LogP contribution in [0.1, 0.15) is 30.7 Å². The van der Waals surface area contributed by atoms with E-state index < -0.39 is 0 Å². The first-order valence-corrected chi connectivity index (χ1v) is 7.76. The number of hydrogen-bond acceptors (Lipinski definition) is 4. The number of aryl methyl sites for hydroxylation is 1. The van der Waals surface area contributed by atoms with Gasteiger partial charge in [-0.05, 0) is 30.9 Å². The average molecular weight is 296 g/mol. The van der Waals surface area contributed by atoms with E-state index in [4.69, 9.17) is 4.42 Å². The van der Waals surface area contributed by atoms with E-state index in [0.717, 1.165) is 32.2 Å². The fourth-order valence-electron chi connectivity index (χ4n) is 1.78. The molecule has 108 valence electrons. The highest BCUT2D eigenvalue weighted by Gasteiger charge is 2.08. The normalized spacial score (nSPS) is 10.9. The molecule has 0 atom stereocenters. The first-order chi connectivity index (χ1) is 9.79. The molecule has 0 aliphatic rings. The smallest absolute Gasteiger partial charge is 0.276 e. The third-order valence-electron chi connectivity index (χ3n) is 2.90. The highest BCUT2D eigenvalue weighted by Crippen LogP contribution is 2.23. The number of unbranched alkanes of at least 4 members (excludes halogenated alkanes) is 2. The lowest BCUT2D eigenvalue weighted by Crippen LogP contribution is -2.50. The summed E-state index contributed by atoms with van der Waals surface area (Å²) in [4.78, 5) is 0. The van der Waals surface area contributed by atoms with Crippen molar-refractivity contribution < 1.29 is 14.5 Å². The standard InChI is InChI=1S/C14H18FN3OS/c15-12-7-4-3-6-11(12)10-20-14-18-17-13(19-14)8-2-1-5-9-16/h3-4,6-7H,1-2,5,8-10,16H2/p+1. The van der Waals surface area contributed by atoms with Crippen molar-refractivity contribution in [2.24, 2.45) is 0 Å². The fourth-order valence-corrected chi connectivity index (χ4v) is 2.55. The predicted octanol–water partition coefficient (Wildman–Crippen LogP) is 2.46. The minimum absolute atomic E-state index is 0.201. The SMILES string of the molecule is [NH3+]CCCCCc1nnc(SCc2ccccc2F)o1. The Morgan fingerprint density at radius 3 is 2.80 bits per heavy atom. The summed E-state index contributed by atoms with van der Waals surface area (Å²) in [7, 11) is 0. The maximum absolute atomic E-state index is 13.5. The van der Waals surface area contributed by atoms with E-state index in [-0.39, 0.29) is 5.82 Å². The van der Waals surface area contributed by atoms with Crippen molar-refractivity contribution >= 4 is 11.8 Å². The average Bonchev–Trinajstić information content (AvgIpc) is 2.91. The summed E-state index contributed by atoms with van der Waals surface area (Å²) in [5.41, 5.74) is 4.46. The molecule has 1 heterocycles. The predicted molar refractivity (Wildman–Crippen MR) is 75.6 cm³/mol. The number of nitrogens with zero attached hydrogens (tertiary/aromatic N) is 2. The Kier molecular flexibility index (Phi) is 6.01. The van der Waals surface area contributed by atoms with Crippen molar-refractivity contribution in [3.05, 3.63) is 41.5 Å². The van der Waals surface area contributed by atoms with Gasteiger partial charge in [0.2, 0.25) is 5.89 Å². The summed E-state index contributed by atoms with van der Waals surface area (Å²) in [5, 5.41) is 8.47. The van der Waals surface area contributed by atoms with E-state index in [0.29, 0.717) is 22.4 Å². The number of halogens is 1. The Balaban J connectivity index is 1.79. The van der Waals surface area contributed by atoms with Gasteiger partial charge in [-0.2, -0.15) is 0 Å². The number of hydrogen-bond donors (Lipinski definition) is 1. The highest BCUT2D eigenvalue weighted by atomic mass is 32.2. The van der Waals surface area contributed by atoms with E-state index in [1.54, 1.807) is 12.1 Å². The van der Waals surface area contributed by atoms with Crippen LogP contribution in [0.15, 0.2) is 33.9 Å². The molecule has 0 aliphatic heterocycles. The molecular weight excluding hydrogens is 277 g/mol. The Labute approximate surface area is 122 Å². The molecule has 2 rings (SSSR count). The van der Waals surface area contributed by atoms with Crippen molar-refractivity contribution in [2.75, 3.05) is 6.54 Å². The third-order valence-corrected chi connectivity index (χ3v) is 3.77. The monoisotopic (exact) mass is 296 g/mol. The number of rotatable bonds is 8. The van der Waals surface area contributed by atoms with E-state index in [2.05, 4.69) is 15.9 Å². The molecular formula is C14H19FN3OS+. The molecule has 0 fully saturated rings. The van der Waals surface area contributed by atoms with Gasteiger partial charge in [0.25, 0.3) is 5.22 Å². The zero-order valence-electron chi connectivity index (χ0n) is 11.3. The van der Waals surface area contributed by atoms with Crippen LogP contribution in [0, 0.1) is 5.82 Å². The summed E-state index contributed by atoms with van der Waals surface area (Å²) in [6, 6.07) is 6.72. The zero-order chi connectivity index (χ0) is 14.2. The number of aromatic nitrogens is 2. The molecule has 3 N–H and O–H groups in total. The lowest BCUT2D eigenvalue weighted by atomic mass is 10.2. The number of benzene rings is 1. The second kappa shape index (κ2) is 8.01. The molecule has 20 heavy (non-hydrogen) atoms. The quantitative estimate of drug-likeness (QED) is 0.600. The van der Waals surface area contributed by atoms with Crippen molar-refractivity contribution in [1.29, 1.82) is 0 Å². The van der Waals surface area contributed by atoms with Gasteiger partial charge in [-0.25, -0.2) is 4.39 Å². The first kappa shape index (κ1) is 15.0. The molecule has 0 aliphatic carbocycles. The molecule has 0 amide bonds. The van der Waals surface area contributed by atoms with E-state index >= 15 is 0 Å². The second-order valence-electron chi connectivity index (χ2n) is 4.51.